The molecule has 3 aromatic rings. The van der Waals surface area contributed by atoms with Gasteiger partial charge in [-0.3, -0.25) is 9.00 Å². The third kappa shape index (κ3) is 5.91. The summed E-state index contributed by atoms with van der Waals surface area (Å²) in [5.41, 5.74) is 1.67. The van der Waals surface area contributed by atoms with Crippen LogP contribution in [0.4, 0.5) is 13.2 Å². The average molecular weight is 497 g/mol. The van der Waals surface area contributed by atoms with E-state index in [-0.39, 0.29) is 23.5 Å². The summed E-state index contributed by atoms with van der Waals surface area (Å²) in [6.45, 7) is 1.92. The molecule has 2 aromatic carbocycles. The van der Waals surface area contributed by atoms with Crippen molar-refractivity contribution in [2.45, 2.75) is 24.7 Å². The molecule has 0 saturated carbocycles. The van der Waals surface area contributed by atoms with Crippen LogP contribution in [-0.2, 0) is 17.3 Å². The Kier molecular flexibility index (Phi) is 7.44. The van der Waals surface area contributed by atoms with Gasteiger partial charge in [0.1, 0.15) is 11.4 Å². The van der Waals surface area contributed by atoms with Crippen LogP contribution in [0.5, 0.6) is 5.75 Å². The van der Waals surface area contributed by atoms with E-state index in [0.29, 0.717) is 21.0 Å². The van der Waals surface area contributed by atoms with Gasteiger partial charge in [-0.15, -0.1) is 13.2 Å². The summed E-state index contributed by atoms with van der Waals surface area (Å²) in [7, 11) is 0.369. The average Bonchev–Trinajstić information content (AvgIpc) is 2.75. The molecule has 1 atom stereocenters. The summed E-state index contributed by atoms with van der Waals surface area (Å²) in [5.74, 6) is -0.853. The van der Waals surface area contributed by atoms with Crippen molar-refractivity contribution in [3.63, 3.8) is 0 Å². The summed E-state index contributed by atoms with van der Waals surface area (Å²) in [6.07, 6.45) is -3.30. The van der Waals surface area contributed by atoms with Crippen LogP contribution in [-0.4, -0.2) is 39.7 Å². The van der Waals surface area contributed by atoms with Gasteiger partial charge >= 0.3 is 6.36 Å². The molecule has 0 fully saturated rings. The van der Waals surface area contributed by atoms with E-state index in [9.17, 15) is 22.2 Å². The number of carbonyl (C=O) groups is 1. The molecule has 10 heteroatoms. The summed E-state index contributed by atoms with van der Waals surface area (Å²) < 4.78 is 54.2. The molecule has 0 saturated heterocycles. The number of rotatable bonds is 6. The zero-order valence-corrected chi connectivity index (χ0v) is 19.5. The highest BCUT2D eigenvalue weighted by atomic mass is 35.5. The minimum Gasteiger partial charge on any atom is -0.405 e. The largest absolute Gasteiger partial charge is 0.573 e. The molecule has 3 rings (SSSR count). The van der Waals surface area contributed by atoms with Crippen molar-refractivity contribution in [3.05, 3.63) is 76.4 Å². The molecule has 33 heavy (non-hydrogen) atoms. The predicted molar refractivity (Wildman–Crippen MR) is 121 cm³/mol. The highest BCUT2D eigenvalue weighted by Gasteiger charge is 2.32. The van der Waals surface area contributed by atoms with Crippen molar-refractivity contribution in [2.75, 3.05) is 13.3 Å². The van der Waals surface area contributed by atoms with E-state index in [1.165, 1.54) is 41.3 Å². The molecule has 0 aliphatic heterocycles. The van der Waals surface area contributed by atoms with Gasteiger partial charge in [0.25, 0.3) is 5.91 Å². The van der Waals surface area contributed by atoms with Crippen molar-refractivity contribution >= 4 is 28.3 Å². The Morgan fingerprint density at radius 1 is 1.12 bits per heavy atom. The monoisotopic (exact) mass is 496 g/mol. The number of amides is 1. The highest BCUT2D eigenvalue weighted by Crippen LogP contribution is 2.33. The number of para-hydroxylation sites is 1. The lowest BCUT2D eigenvalue weighted by molar-refractivity contribution is -0.274. The zero-order chi connectivity index (χ0) is 24.3. The van der Waals surface area contributed by atoms with Gasteiger partial charge in [0.2, 0.25) is 0 Å². The maximum absolute atomic E-state index is 13.0. The van der Waals surface area contributed by atoms with Crippen LogP contribution in [0.1, 0.15) is 21.6 Å². The lowest BCUT2D eigenvalue weighted by Crippen LogP contribution is -2.27. The van der Waals surface area contributed by atoms with E-state index >= 15 is 0 Å². The molecule has 1 heterocycles. The maximum Gasteiger partial charge on any atom is 0.573 e. The fourth-order valence-electron chi connectivity index (χ4n) is 3.28. The fourth-order valence-corrected chi connectivity index (χ4v) is 4.35. The molecule has 0 bridgehead atoms. The Morgan fingerprint density at radius 3 is 2.48 bits per heavy atom. The molecular weight excluding hydrogens is 477 g/mol. The molecule has 0 N–H and O–H groups in total. The molecule has 174 valence electrons. The Labute approximate surface area is 196 Å². The highest BCUT2D eigenvalue weighted by molar-refractivity contribution is 7.84. The normalized spacial score (nSPS) is 12.3. The number of hydrogen-bond donors (Lipinski definition) is 0. The first-order valence-electron chi connectivity index (χ1n) is 9.67. The number of alkyl halides is 3. The molecule has 1 unspecified atom stereocenters. The summed E-state index contributed by atoms with van der Waals surface area (Å²) in [6, 6.07) is 13.5. The molecule has 0 aliphatic rings. The first kappa shape index (κ1) is 24.7. The molecule has 1 aromatic heterocycles. The van der Waals surface area contributed by atoms with Crippen molar-refractivity contribution < 1.29 is 26.9 Å². The van der Waals surface area contributed by atoms with Gasteiger partial charge in [-0.2, -0.15) is 0 Å². The van der Waals surface area contributed by atoms with Gasteiger partial charge in [0.15, 0.2) is 0 Å². The van der Waals surface area contributed by atoms with Gasteiger partial charge < -0.3 is 9.64 Å². The van der Waals surface area contributed by atoms with Crippen LogP contribution < -0.4 is 4.74 Å². The number of benzene rings is 2. The molecular formula is C23H20ClF3N2O3S. The minimum absolute atomic E-state index is 0.0518. The predicted octanol–water partition coefficient (Wildman–Crippen LogP) is 5.62. The molecule has 0 aliphatic carbocycles. The van der Waals surface area contributed by atoms with Crippen molar-refractivity contribution in [2.24, 2.45) is 0 Å². The quantitative estimate of drug-likeness (QED) is 0.444. The van der Waals surface area contributed by atoms with Gasteiger partial charge in [0, 0.05) is 35.3 Å². The summed E-state index contributed by atoms with van der Waals surface area (Å²) >= 11 is 6.42. The van der Waals surface area contributed by atoms with Crippen molar-refractivity contribution in [1.82, 2.24) is 9.88 Å². The van der Waals surface area contributed by atoms with Gasteiger partial charge in [-0.25, -0.2) is 4.98 Å². The smallest absolute Gasteiger partial charge is 0.405 e. The summed E-state index contributed by atoms with van der Waals surface area (Å²) in [4.78, 5) is 19.3. The number of pyridine rings is 1. The van der Waals surface area contributed by atoms with Crippen LogP contribution >= 0.6 is 11.6 Å². The second-order valence-electron chi connectivity index (χ2n) is 7.23. The van der Waals surface area contributed by atoms with E-state index in [1.807, 2.05) is 0 Å². The second kappa shape index (κ2) is 9.93. The molecule has 1 amide bonds. The van der Waals surface area contributed by atoms with E-state index in [1.54, 1.807) is 38.4 Å². The Morgan fingerprint density at radius 2 is 1.82 bits per heavy atom. The van der Waals surface area contributed by atoms with Gasteiger partial charge in [-0.1, -0.05) is 35.9 Å². The van der Waals surface area contributed by atoms with E-state index in [4.69, 9.17) is 11.6 Å². The lowest BCUT2D eigenvalue weighted by atomic mass is 10.1. The number of nitrogens with zero attached hydrogens (tertiary/aromatic N) is 2. The van der Waals surface area contributed by atoms with E-state index in [2.05, 4.69) is 9.72 Å². The Bertz CT molecular complexity index is 1220. The van der Waals surface area contributed by atoms with Crippen molar-refractivity contribution in [1.29, 1.82) is 0 Å². The van der Waals surface area contributed by atoms with Crippen LogP contribution in [0.25, 0.3) is 11.3 Å². The number of hydrogen-bond acceptors (Lipinski definition) is 4. The Balaban J connectivity index is 1.86. The molecule has 0 spiro atoms. The SMILES string of the molecule is Cc1c(S(C)=O)ccc(CN(C)C(=O)c2cccc(-c3ccccc3OC(F)(F)F)n2)c1Cl. The minimum atomic E-state index is -4.86. The number of ether oxygens (including phenoxy) is 1. The number of aromatic nitrogens is 1. The second-order valence-corrected chi connectivity index (χ2v) is 8.96. The number of halogens is 4. The van der Waals surface area contributed by atoms with Crippen LogP contribution in [0.15, 0.2) is 59.5 Å². The van der Waals surface area contributed by atoms with E-state index in [0.717, 1.165) is 0 Å². The van der Waals surface area contributed by atoms with Crippen LogP contribution in [0.2, 0.25) is 5.02 Å². The van der Waals surface area contributed by atoms with Crippen LogP contribution in [0, 0.1) is 6.92 Å². The third-order valence-corrected chi connectivity index (χ3v) is 6.43. The first-order valence-corrected chi connectivity index (χ1v) is 11.6. The van der Waals surface area contributed by atoms with Crippen LogP contribution in [0.3, 0.4) is 0 Å². The van der Waals surface area contributed by atoms with Gasteiger partial charge in [-0.05, 0) is 48.4 Å². The zero-order valence-electron chi connectivity index (χ0n) is 17.9. The fraction of sp³-hybridized carbons (Fsp3) is 0.217. The Hall–Kier alpha value is -2.91. The maximum atomic E-state index is 13.0. The molecule has 5 nitrogen and oxygen atoms in total. The third-order valence-electron chi connectivity index (χ3n) is 4.84. The first-order chi connectivity index (χ1) is 15.5. The van der Waals surface area contributed by atoms with E-state index < -0.39 is 28.8 Å². The lowest BCUT2D eigenvalue weighted by Gasteiger charge is -2.19. The molecule has 0 radical (unpaired) electrons. The standard InChI is InChI=1S/C23H20ClF3N2O3S/c1-14-20(33(3)31)12-11-15(21(14)24)13-29(2)22(30)18-9-6-8-17(28-18)16-7-4-5-10-19(16)32-23(25,26)27/h4-12H,13H2,1-3H3. The van der Waals surface area contributed by atoms with Gasteiger partial charge in [0.05, 0.1) is 16.5 Å². The topological polar surface area (TPSA) is 59.5 Å². The van der Waals surface area contributed by atoms with Crippen molar-refractivity contribution in [3.8, 4) is 17.0 Å². The summed E-state index contributed by atoms with van der Waals surface area (Å²) in [5, 5.41) is 0.419. The number of carbonyl (C=O) groups excluding carboxylic acids is 1.